The highest BCUT2D eigenvalue weighted by Gasteiger charge is 2.28. The topological polar surface area (TPSA) is 64.2 Å². The van der Waals surface area contributed by atoms with E-state index in [0.717, 1.165) is 24.1 Å². The monoisotopic (exact) mass is 310 g/mol. The van der Waals surface area contributed by atoms with Crippen molar-refractivity contribution in [3.8, 4) is 28.8 Å². The summed E-state index contributed by atoms with van der Waals surface area (Å²) < 4.78 is 12.5. The van der Waals surface area contributed by atoms with Gasteiger partial charge in [-0.15, -0.1) is 0 Å². The molecule has 5 nitrogen and oxygen atoms in total. The first-order chi connectivity index (χ1) is 11.2. The molecule has 1 saturated carbocycles. The predicted octanol–water partition coefficient (Wildman–Crippen LogP) is 2.93. The van der Waals surface area contributed by atoms with Gasteiger partial charge in [-0.05, 0) is 31.0 Å². The van der Waals surface area contributed by atoms with Crippen LogP contribution in [0.25, 0.3) is 11.3 Å². The van der Waals surface area contributed by atoms with Gasteiger partial charge in [0, 0.05) is 23.2 Å². The van der Waals surface area contributed by atoms with Crippen LogP contribution in [-0.4, -0.2) is 18.8 Å². The molecule has 1 aromatic heterocycles. The maximum Gasteiger partial charge on any atom is 0.255 e. The Balaban J connectivity index is 2.19. The number of nitrogens with zero attached hydrogens (tertiary/aromatic N) is 2. The summed E-state index contributed by atoms with van der Waals surface area (Å²) >= 11 is 0. The highest BCUT2D eigenvalue weighted by Crippen LogP contribution is 2.40. The van der Waals surface area contributed by atoms with Crippen molar-refractivity contribution in [1.29, 1.82) is 5.26 Å². The van der Waals surface area contributed by atoms with Gasteiger partial charge >= 0.3 is 0 Å². The Morgan fingerprint density at radius 2 is 2.00 bits per heavy atom. The summed E-state index contributed by atoms with van der Waals surface area (Å²) in [5.41, 5.74) is 2.12. The number of aromatic nitrogens is 1. The molecule has 2 aromatic rings. The van der Waals surface area contributed by atoms with Crippen LogP contribution in [0.4, 0.5) is 0 Å². The van der Waals surface area contributed by atoms with E-state index in [9.17, 15) is 4.79 Å². The van der Waals surface area contributed by atoms with Gasteiger partial charge in [-0.25, -0.2) is 0 Å². The van der Waals surface area contributed by atoms with Gasteiger partial charge in [0.2, 0.25) is 0 Å². The Hall–Kier alpha value is -2.74. The van der Waals surface area contributed by atoms with E-state index in [1.807, 2.05) is 18.2 Å². The van der Waals surface area contributed by atoms with Gasteiger partial charge in [0.15, 0.2) is 0 Å². The molecule has 0 radical (unpaired) electrons. The smallest absolute Gasteiger partial charge is 0.255 e. The second-order valence-electron chi connectivity index (χ2n) is 5.55. The zero-order valence-electron chi connectivity index (χ0n) is 13.2. The summed E-state index contributed by atoms with van der Waals surface area (Å²) in [5.74, 6) is 1.36. The molecule has 1 fully saturated rings. The van der Waals surface area contributed by atoms with Crippen LogP contribution < -0.4 is 15.0 Å². The van der Waals surface area contributed by atoms with E-state index < -0.39 is 0 Å². The number of rotatable bonds is 5. The molecule has 0 N–H and O–H groups in total. The van der Waals surface area contributed by atoms with Crippen LogP contribution in [0.15, 0.2) is 35.1 Å². The van der Waals surface area contributed by atoms with Crippen molar-refractivity contribution in [3.63, 3.8) is 0 Å². The van der Waals surface area contributed by atoms with Gasteiger partial charge in [0.1, 0.15) is 11.5 Å². The molecule has 0 aliphatic heterocycles. The van der Waals surface area contributed by atoms with E-state index >= 15 is 0 Å². The zero-order chi connectivity index (χ0) is 16.4. The molecule has 23 heavy (non-hydrogen) atoms. The van der Waals surface area contributed by atoms with Crippen molar-refractivity contribution in [2.45, 2.75) is 25.3 Å². The second-order valence-corrected chi connectivity index (χ2v) is 5.55. The Bertz CT molecular complexity index is 829. The van der Waals surface area contributed by atoms with E-state index in [1.165, 1.54) is 0 Å². The van der Waals surface area contributed by atoms with Crippen molar-refractivity contribution >= 4 is 0 Å². The summed E-state index contributed by atoms with van der Waals surface area (Å²) in [6.07, 6.45) is 2.11. The van der Waals surface area contributed by atoms with Gasteiger partial charge in [-0.3, -0.25) is 4.79 Å². The molecule has 0 atom stereocenters. The number of nitriles is 1. The quantitative estimate of drug-likeness (QED) is 0.851. The Morgan fingerprint density at radius 1 is 1.22 bits per heavy atom. The minimum Gasteiger partial charge on any atom is -0.497 e. The normalized spacial score (nSPS) is 13.4. The minimum atomic E-state index is -0.0792. The molecule has 3 rings (SSSR count). The first kappa shape index (κ1) is 15.2. The number of hydrogen-bond acceptors (Lipinski definition) is 4. The largest absolute Gasteiger partial charge is 0.497 e. The molecule has 1 aromatic carbocycles. The SMILES string of the molecule is COc1ccc(-c2ccc(CC#N)c(=O)n2C2CC2)c(OC)c1. The lowest BCUT2D eigenvalue weighted by atomic mass is 10.1. The fraction of sp³-hybridized carbons (Fsp3) is 0.333. The number of benzene rings is 1. The van der Waals surface area contributed by atoms with Crippen LogP contribution in [0, 0.1) is 11.3 Å². The first-order valence-electron chi connectivity index (χ1n) is 7.53. The van der Waals surface area contributed by atoms with E-state index in [1.54, 1.807) is 30.9 Å². The fourth-order valence-corrected chi connectivity index (χ4v) is 2.74. The van der Waals surface area contributed by atoms with E-state index in [4.69, 9.17) is 14.7 Å². The summed E-state index contributed by atoms with van der Waals surface area (Å²) in [6, 6.07) is 11.5. The average Bonchev–Trinajstić information content (AvgIpc) is 3.40. The summed E-state index contributed by atoms with van der Waals surface area (Å²) in [4.78, 5) is 12.7. The highest BCUT2D eigenvalue weighted by atomic mass is 16.5. The van der Waals surface area contributed by atoms with Crippen molar-refractivity contribution in [3.05, 3.63) is 46.2 Å². The van der Waals surface area contributed by atoms with Gasteiger partial charge in [0.05, 0.1) is 32.4 Å². The molecule has 0 spiro atoms. The van der Waals surface area contributed by atoms with E-state index in [-0.39, 0.29) is 18.0 Å². The third-order valence-corrected chi connectivity index (χ3v) is 4.06. The lowest BCUT2D eigenvalue weighted by Crippen LogP contribution is -2.24. The summed E-state index contributed by atoms with van der Waals surface area (Å²) in [7, 11) is 3.20. The summed E-state index contributed by atoms with van der Waals surface area (Å²) in [5, 5.41) is 8.88. The molecule has 0 bridgehead atoms. The fourth-order valence-electron chi connectivity index (χ4n) is 2.74. The molecule has 0 unspecified atom stereocenters. The van der Waals surface area contributed by atoms with Crippen molar-refractivity contribution < 1.29 is 9.47 Å². The Morgan fingerprint density at radius 3 is 2.61 bits per heavy atom. The van der Waals surface area contributed by atoms with Crippen LogP contribution in [0.2, 0.25) is 0 Å². The molecular weight excluding hydrogens is 292 g/mol. The molecule has 118 valence electrons. The second kappa shape index (κ2) is 6.17. The first-order valence-corrected chi connectivity index (χ1v) is 7.53. The van der Waals surface area contributed by atoms with Gasteiger partial charge in [0.25, 0.3) is 5.56 Å². The van der Waals surface area contributed by atoms with Gasteiger partial charge < -0.3 is 14.0 Å². The Kier molecular flexibility index (Phi) is 4.07. The highest BCUT2D eigenvalue weighted by molar-refractivity contribution is 5.69. The molecule has 1 heterocycles. The predicted molar refractivity (Wildman–Crippen MR) is 86.8 cm³/mol. The third-order valence-electron chi connectivity index (χ3n) is 4.06. The molecule has 0 amide bonds. The van der Waals surface area contributed by atoms with Crippen molar-refractivity contribution in [2.75, 3.05) is 14.2 Å². The molecule has 1 aliphatic rings. The standard InChI is InChI=1S/C18H18N2O3/c1-22-14-6-7-15(17(11-14)23-2)16-8-3-12(9-10-19)18(21)20(16)13-4-5-13/h3,6-8,11,13H,4-5,9H2,1-2H3. The maximum absolute atomic E-state index is 12.7. The van der Waals surface area contributed by atoms with Crippen molar-refractivity contribution in [2.24, 2.45) is 0 Å². The average molecular weight is 310 g/mol. The number of pyridine rings is 1. The lowest BCUT2D eigenvalue weighted by Gasteiger charge is -2.16. The van der Waals surface area contributed by atoms with Gasteiger partial charge in [-0.2, -0.15) is 5.26 Å². The number of methoxy groups -OCH3 is 2. The molecule has 5 heteroatoms. The van der Waals surface area contributed by atoms with E-state index in [0.29, 0.717) is 17.1 Å². The molecule has 0 saturated heterocycles. The zero-order valence-corrected chi connectivity index (χ0v) is 13.2. The minimum absolute atomic E-state index is 0.0792. The van der Waals surface area contributed by atoms with Crippen LogP contribution in [0.3, 0.4) is 0 Å². The number of ether oxygens (including phenoxy) is 2. The Labute approximate surface area is 134 Å². The molecule has 1 aliphatic carbocycles. The third kappa shape index (κ3) is 2.80. The van der Waals surface area contributed by atoms with Gasteiger partial charge in [-0.1, -0.05) is 6.07 Å². The van der Waals surface area contributed by atoms with Crippen LogP contribution in [0.5, 0.6) is 11.5 Å². The lowest BCUT2D eigenvalue weighted by molar-refractivity contribution is 0.395. The van der Waals surface area contributed by atoms with Crippen molar-refractivity contribution in [1.82, 2.24) is 4.57 Å². The molecular formula is C18H18N2O3. The van der Waals surface area contributed by atoms with Crippen LogP contribution >= 0.6 is 0 Å². The maximum atomic E-state index is 12.7. The van der Waals surface area contributed by atoms with Crippen LogP contribution in [-0.2, 0) is 6.42 Å². The van der Waals surface area contributed by atoms with Crippen LogP contribution in [0.1, 0.15) is 24.4 Å². The summed E-state index contributed by atoms with van der Waals surface area (Å²) in [6.45, 7) is 0. The number of hydrogen-bond donors (Lipinski definition) is 0. The van der Waals surface area contributed by atoms with E-state index in [2.05, 4.69) is 6.07 Å².